The molecule has 152 valence electrons. The molecule has 5 rings (SSSR count). The normalized spacial score (nSPS) is 19.9. The van der Waals surface area contributed by atoms with Crippen molar-refractivity contribution in [1.82, 2.24) is 9.78 Å². The lowest BCUT2D eigenvalue weighted by atomic mass is 9.72. The Kier molecular flexibility index (Phi) is 4.22. The molecule has 1 unspecified atom stereocenters. The Bertz CT molecular complexity index is 1170. The second-order valence-corrected chi connectivity index (χ2v) is 8.69. The van der Waals surface area contributed by atoms with Crippen LogP contribution in [0.4, 0.5) is 11.5 Å². The van der Waals surface area contributed by atoms with Gasteiger partial charge in [-0.2, -0.15) is 5.10 Å². The summed E-state index contributed by atoms with van der Waals surface area (Å²) in [6, 6.07) is 15.0. The van der Waals surface area contributed by atoms with Gasteiger partial charge in [0.25, 0.3) is 0 Å². The highest BCUT2D eigenvalue weighted by Crippen LogP contribution is 2.52. The molecule has 1 aromatic heterocycles. The maximum Gasteiger partial charge on any atom is 0.242 e. The number of halogens is 1. The van der Waals surface area contributed by atoms with Crippen LogP contribution in [0.15, 0.2) is 54.7 Å². The van der Waals surface area contributed by atoms with Crippen LogP contribution in [0.5, 0.6) is 0 Å². The predicted octanol–water partition coefficient (Wildman–Crippen LogP) is 4.16. The van der Waals surface area contributed by atoms with Crippen molar-refractivity contribution in [1.29, 1.82) is 0 Å². The average molecular weight is 421 g/mol. The molecule has 0 saturated carbocycles. The first-order valence-corrected chi connectivity index (χ1v) is 10.4. The fraction of sp³-hybridized carbons (Fsp3) is 0.261. The van der Waals surface area contributed by atoms with E-state index in [0.717, 1.165) is 22.5 Å². The Labute approximate surface area is 179 Å². The van der Waals surface area contributed by atoms with E-state index in [9.17, 15) is 9.59 Å². The zero-order chi connectivity index (χ0) is 21.0. The number of aromatic nitrogens is 2. The van der Waals surface area contributed by atoms with Gasteiger partial charge in [-0.05, 0) is 41.8 Å². The van der Waals surface area contributed by atoms with Gasteiger partial charge in [0.15, 0.2) is 0 Å². The van der Waals surface area contributed by atoms with Gasteiger partial charge in [0.1, 0.15) is 11.2 Å². The minimum absolute atomic E-state index is 0.0656. The SMILES string of the molecule is CC(C)CN1C(=O)C2(CC(=O)Nc3c2cnn3-c2ccc(Cl)cc2)c2ccccc21. The highest BCUT2D eigenvalue weighted by Gasteiger charge is 2.57. The molecule has 0 fully saturated rings. The molecule has 30 heavy (non-hydrogen) atoms. The Morgan fingerprint density at radius 1 is 1.10 bits per heavy atom. The minimum Gasteiger partial charge on any atom is -0.311 e. The lowest BCUT2D eigenvalue weighted by molar-refractivity contribution is -0.126. The van der Waals surface area contributed by atoms with E-state index >= 15 is 0 Å². The van der Waals surface area contributed by atoms with Crippen molar-refractivity contribution in [3.05, 3.63) is 70.9 Å². The molecule has 2 aliphatic rings. The summed E-state index contributed by atoms with van der Waals surface area (Å²) in [6.07, 6.45) is 1.77. The second-order valence-electron chi connectivity index (χ2n) is 8.25. The van der Waals surface area contributed by atoms with Crippen LogP contribution >= 0.6 is 11.6 Å². The van der Waals surface area contributed by atoms with E-state index < -0.39 is 5.41 Å². The number of nitrogens with one attached hydrogen (secondary N) is 1. The Morgan fingerprint density at radius 2 is 1.83 bits per heavy atom. The maximum atomic E-state index is 13.9. The summed E-state index contributed by atoms with van der Waals surface area (Å²) in [7, 11) is 0. The molecule has 3 aromatic rings. The van der Waals surface area contributed by atoms with Gasteiger partial charge in [-0.25, -0.2) is 4.68 Å². The zero-order valence-electron chi connectivity index (χ0n) is 16.7. The molecule has 0 bridgehead atoms. The van der Waals surface area contributed by atoms with Crippen molar-refractivity contribution in [2.45, 2.75) is 25.7 Å². The van der Waals surface area contributed by atoms with Crippen LogP contribution < -0.4 is 10.2 Å². The molecule has 0 radical (unpaired) electrons. The number of hydrogen-bond acceptors (Lipinski definition) is 3. The monoisotopic (exact) mass is 420 g/mol. The summed E-state index contributed by atoms with van der Waals surface area (Å²) in [5, 5.41) is 8.09. The first-order chi connectivity index (χ1) is 14.4. The number of amides is 2. The summed E-state index contributed by atoms with van der Waals surface area (Å²) in [6.45, 7) is 4.76. The summed E-state index contributed by atoms with van der Waals surface area (Å²) < 4.78 is 1.66. The minimum atomic E-state index is -1.06. The third kappa shape index (κ3) is 2.60. The third-order valence-electron chi connectivity index (χ3n) is 5.80. The molecule has 2 amide bonds. The van der Waals surface area contributed by atoms with E-state index in [4.69, 9.17) is 11.6 Å². The molecule has 6 nitrogen and oxygen atoms in total. The number of benzene rings is 2. The summed E-state index contributed by atoms with van der Waals surface area (Å²) >= 11 is 6.02. The number of carbonyl (C=O) groups excluding carboxylic acids is 2. The number of rotatable bonds is 3. The molecule has 1 spiro atoms. The van der Waals surface area contributed by atoms with Gasteiger partial charge >= 0.3 is 0 Å². The van der Waals surface area contributed by atoms with Gasteiger partial charge in [-0.1, -0.05) is 43.6 Å². The number of fused-ring (bicyclic) bond motifs is 4. The second kappa shape index (κ2) is 6.71. The first-order valence-electron chi connectivity index (χ1n) is 9.97. The summed E-state index contributed by atoms with van der Waals surface area (Å²) in [4.78, 5) is 28.5. The smallest absolute Gasteiger partial charge is 0.242 e. The van der Waals surface area contributed by atoms with Crippen LogP contribution in [0.2, 0.25) is 5.02 Å². The number of nitrogens with zero attached hydrogens (tertiary/aromatic N) is 3. The lowest BCUT2D eigenvalue weighted by Crippen LogP contribution is -2.47. The van der Waals surface area contributed by atoms with Crippen LogP contribution in [-0.4, -0.2) is 28.1 Å². The summed E-state index contributed by atoms with van der Waals surface area (Å²) in [5.41, 5.74) is 2.16. The third-order valence-corrected chi connectivity index (χ3v) is 6.05. The largest absolute Gasteiger partial charge is 0.311 e. The van der Waals surface area contributed by atoms with Crippen molar-refractivity contribution in [3.8, 4) is 5.69 Å². The van der Waals surface area contributed by atoms with Gasteiger partial charge in [-0.3, -0.25) is 9.59 Å². The van der Waals surface area contributed by atoms with Crippen molar-refractivity contribution in [2.24, 2.45) is 5.92 Å². The van der Waals surface area contributed by atoms with Crippen LogP contribution in [0.25, 0.3) is 5.69 Å². The zero-order valence-corrected chi connectivity index (χ0v) is 17.5. The first kappa shape index (κ1) is 18.9. The maximum absolute atomic E-state index is 13.9. The van der Waals surface area contributed by atoms with Crippen molar-refractivity contribution in [3.63, 3.8) is 0 Å². The summed E-state index contributed by atoms with van der Waals surface area (Å²) in [5.74, 6) is 0.561. The molecular weight excluding hydrogens is 400 g/mol. The number of hydrogen-bond donors (Lipinski definition) is 1. The van der Waals surface area contributed by atoms with Crippen molar-refractivity contribution < 1.29 is 9.59 Å². The van der Waals surface area contributed by atoms with E-state index in [1.165, 1.54) is 0 Å². The highest BCUT2D eigenvalue weighted by atomic mass is 35.5. The van der Waals surface area contributed by atoms with E-state index in [0.29, 0.717) is 23.3 Å². The van der Waals surface area contributed by atoms with Gasteiger partial charge in [-0.15, -0.1) is 0 Å². The molecule has 1 atom stereocenters. The van der Waals surface area contributed by atoms with Crippen LogP contribution in [0, 0.1) is 5.92 Å². The molecule has 3 heterocycles. The molecule has 2 aliphatic heterocycles. The Morgan fingerprint density at radius 3 is 2.57 bits per heavy atom. The number of para-hydroxylation sites is 1. The van der Waals surface area contributed by atoms with Gasteiger partial charge in [0.05, 0.1) is 11.9 Å². The van der Waals surface area contributed by atoms with E-state index in [-0.39, 0.29) is 18.2 Å². The van der Waals surface area contributed by atoms with E-state index in [2.05, 4.69) is 24.3 Å². The van der Waals surface area contributed by atoms with Gasteiger partial charge in [0, 0.05) is 29.2 Å². The van der Waals surface area contributed by atoms with Crippen LogP contribution in [0.1, 0.15) is 31.4 Å². The number of carbonyl (C=O) groups is 2. The van der Waals surface area contributed by atoms with Crippen LogP contribution in [-0.2, 0) is 15.0 Å². The van der Waals surface area contributed by atoms with Crippen molar-refractivity contribution >= 4 is 34.9 Å². The van der Waals surface area contributed by atoms with Gasteiger partial charge in [0.2, 0.25) is 11.8 Å². The lowest BCUT2D eigenvalue weighted by Gasteiger charge is -2.32. The van der Waals surface area contributed by atoms with Crippen molar-refractivity contribution in [2.75, 3.05) is 16.8 Å². The fourth-order valence-electron chi connectivity index (χ4n) is 4.57. The van der Waals surface area contributed by atoms with Crippen LogP contribution in [0.3, 0.4) is 0 Å². The fourth-order valence-corrected chi connectivity index (χ4v) is 4.70. The van der Waals surface area contributed by atoms with Gasteiger partial charge < -0.3 is 10.2 Å². The standard InChI is InChI=1S/C23H21ClN4O2/c1-14(2)13-27-19-6-4-3-5-17(19)23(22(27)30)11-20(29)26-21-18(23)12-25-28(21)16-9-7-15(24)8-10-16/h3-10,12,14H,11,13H2,1-2H3,(H,26,29). The molecular formula is C23H21ClN4O2. The molecule has 0 saturated heterocycles. The predicted molar refractivity (Wildman–Crippen MR) is 116 cm³/mol. The van der Waals surface area contributed by atoms with E-state index in [1.54, 1.807) is 23.0 Å². The molecule has 7 heteroatoms. The van der Waals surface area contributed by atoms with E-state index in [1.807, 2.05) is 41.3 Å². The quantitative estimate of drug-likeness (QED) is 0.691. The molecule has 0 aliphatic carbocycles. The number of anilines is 2. The topological polar surface area (TPSA) is 67.2 Å². The Balaban J connectivity index is 1.72. The average Bonchev–Trinajstić information content (AvgIpc) is 3.23. The Hall–Kier alpha value is -3.12. The highest BCUT2D eigenvalue weighted by molar-refractivity contribution is 6.30. The molecule has 2 aromatic carbocycles. The molecule has 1 N–H and O–H groups in total.